The molecular weight excluding hydrogens is 1040 g/mol. The van der Waals surface area contributed by atoms with Crippen molar-refractivity contribution in [1.29, 1.82) is 0 Å². The van der Waals surface area contributed by atoms with E-state index in [2.05, 4.69) is 98.9 Å². The minimum absolute atomic E-state index is 0.143. The monoisotopic (exact) mass is 1180 g/mol. The molecule has 486 valence electrons. The van der Waals surface area contributed by atoms with Crippen molar-refractivity contribution >= 4 is 17.9 Å². The third kappa shape index (κ3) is 66.0. The van der Waals surface area contributed by atoms with Gasteiger partial charge in [0.1, 0.15) is 13.2 Å². The molecule has 0 rings (SSSR count). The number of rotatable bonds is 65. The molecule has 2 unspecified atom stereocenters. The summed E-state index contributed by atoms with van der Waals surface area (Å²) in [5.41, 5.74) is 0. The fraction of sp³-hybridized carbons (Fsp3) is 0.773. The van der Waals surface area contributed by atoms with Gasteiger partial charge in [0.05, 0.1) is 40.3 Å². The fourth-order valence-electron chi connectivity index (χ4n) is 10.0. The van der Waals surface area contributed by atoms with Crippen molar-refractivity contribution in [3.63, 3.8) is 0 Å². The van der Waals surface area contributed by atoms with Crippen molar-refractivity contribution in [3.05, 3.63) is 85.1 Å². The van der Waals surface area contributed by atoms with Crippen LogP contribution in [0.5, 0.6) is 0 Å². The third-order valence-corrected chi connectivity index (χ3v) is 15.4. The molecule has 0 aliphatic heterocycles. The van der Waals surface area contributed by atoms with Gasteiger partial charge >= 0.3 is 11.9 Å². The van der Waals surface area contributed by atoms with E-state index >= 15 is 0 Å². The first-order valence-corrected chi connectivity index (χ1v) is 35.2. The van der Waals surface area contributed by atoms with Crippen LogP contribution >= 0.6 is 0 Å². The van der Waals surface area contributed by atoms with Gasteiger partial charge in [0.2, 0.25) is 0 Å². The SMILES string of the molecule is CC/C=C\C/C=C\C/C=C\C/C=C\C/C=C\C/C=C\C/C=C\CCCCCCCCCC(=O)OC(COC(=O)CCCCCCCCCCCCCCCCCCCCCCCCCCCCCCCC)COC(OCC[N+](C)(C)C)C(=O)[O-]. The second-order valence-electron chi connectivity index (χ2n) is 24.8. The summed E-state index contributed by atoms with van der Waals surface area (Å²) in [6.45, 7) is 4.66. The lowest BCUT2D eigenvalue weighted by Gasteiger charge is -2.26. The Hall–Kier alpha value is -3.53. The van der Waals surface area contributed by atoms with E-state index in [1.807, 2.05) is 21.1 Å². The van der Waals surface area contributed by atoms with E-state index in [-0.39, 0.29) is 32.2 Å². The van der Waals surface area contributed by atoms with E-state index in [0.29, 0.717) is 23.9 Å². The molecular formula is C75H133NO8. The highest BCUT2D eigenvalue weighted by Crippen LogP contribution is 2.18. The molecule has 0 saturated carbocycles. The number of aliphatic carboxylic acids is 1. The lowest BCUT2D eigenvalue weighted by atomic mass is 10.0. The molecule has 9 nitrogen and oxygen atoms in total. The quantitative estimate of drug-likeness (QED) is 0.0195. The summed E-state index contributed by atoms with van der Waals surface area (Å²) >= 11 is 0. The normalized spacial score (nSPS) is 13.2. The topological polar surface area (TPSA) is 111 Å². The van der Waals surface area contributed by atoms with Crippen LogP contribution < -0.4 is 5.11 Å². The Bertz CT molecular complexity index is 1650. The number of likely N-dealkylation sites (N-methyl/N-ethyl adjacent to an activating group) is 1. The van der Waals surface area contributed by atoms with E-state index in [1.165, 1.54) is 193 Å². The molecule has 9 heteroatoms. The van der Waals surface area contributed by atoms with Gasteiger partial charge in [-0.25, -0.2) is 0 Å². The summed E-state index contributed by atoms with van der Waals surface area (Å²) in [6.07, 6.45) is 85.3. The smallest absolute Gasteiger partial charge is 0.306 e. The zero-order chi connectivity index (χ0) is 61.2. The van der Waals surface area contributed by atoms with Gasteiger partial charge in [-0.3, -0.25) is 9.59 Å². The molecule has 0 aromatic carbocycles. The van der Waals surface area contributed by atoms with E-state index in [1.54, 1.807) is 0 Å². The Balaban J connectivity index is 4.14. The van der Waals surface area contributed by atoms with Crippen molar-refractivity contribution in [2.24, 2.45) is 0 Å². The number of carbonyl (C=O) groups is 3. The van der Waals surface area contributed by atoms with Crippen LogP contribution in [0.2, 0.25) is 0 Å². The molecule has 0 aliphatic carbocycles. The number of hydrogen-bond donors (Lipinski definition) is 0. The van der Waals surface area contributed by atoms with Crippen LogP contribution in [0.4, 0.5) is 0 Å². The average Bonchev–Trinajstić information content (AvgIpc) is 3.55. The molecule has 0 radical (unpaired) electrons. The largest absolute Gasteiger partial charge is 0.545 e. The van der Waals surface area contributed by atoms with Gasteiger partial charge in [-0.2, -0.15) is 0 Å². The summed E-state index contributed by atoms with van der Waals surface area (Å²) in [4.78, 5) is 37.5. The number of carboxylic acid groups (broad SMARTS) is 1. The molecule has 0 N–H and O–H groups in total. The highest BCUT2D eigenvalue weighted by molar-refractivity contribution is 5.70. The van der Waals surface area contributed by atoms with Crippen molar-refractivity contribution in [2.75, 3.05) is 47.5 Å². The summed E-state index contributed by atoms with van der Waals surface area (Å²) in [7, 11) is 5.93. The molecule has 0 heterocycles. The number of nitrogens with zero attached hydrogens (tertiary/aromatic N) is 1. The molecule has 0 saturated heterocycles. The fourth-order valence-corrected chi connectivity index (χ4v) is 10.0. The average molecular weight is 1180 g/mol. The van der Waals surface area contributed by atoms with E-state index in [4.69, 9.17) is 18.9 Å². The number of hydrogen-bond acceptors (Lipinski definition) is 8. The van der Waals surface area contributed by atoms with E-state index < -0.39 is 24.3 Å². The van der Waals surface area contributed by atoms with Crippen molar-refractivity contribution in [3.8, 4) is 0 Å². The molecule has 0 aliphatic rings. The maximum absolute atomic E-state index is 12.9. The predicted octanol–water partition coefficient (Wildman–Crippen LogP) is 20.5. The Labute approximate surface area is 519 Å². The standard InChI is InChI=1S/C75H133NO8/c1-6-8-10-12-14-16-18-20-22-24-26-28-30-32-34-36-38-39-41-43-45-47-49-51-53-55-57-59-61-63-65-72(77)82-69-71(70-83-75(74(79)80)81-68-67-76(3,4)5)84-73(78)66-64-62-60-58-56-54-52-50-48-46-44-42-40-37-35-33-31-29-27-25-23-21-19-17-15-13-11-9-7-2/h9,11,15,17,21,23,27,29,33,35,40,42,46,48,71,75H,6-8,10,12-14,16,18-20,22,24-26,28,30-32,34,36-39,41,43-45,47,49-70H2,1-5H3/b11-9-,17-15-,23-21-,29-27-,35-33-,42-40-,48-46-. The summed E-state index contributed by atoms with van der Waals surface area (Å²) in [6, 6.07) is 0. The molecule has 0 amide bonds. The van der Waals surface area contributed by atoms with Gasteiger partial charge in [0.15, 0.2) is 12.4 Å². The number of quaternary nitrogens is 1. The van der Waals surface area contributed by atoms with Gasteiger partial charge in [0.25, 0.3) is 0 Å². The number of allylic oxidation sites excluding steroid dienone is 14. The van der Waals surface area contributed by atoms with Crippen LogP contribution in [-0.2, 0) is 33.3 Å². The van der Waals surface area contributed by atoms with Crippen molar-refractivity contribution < 1.29 is 42.9 Å². The van der Waals surface area contributed by atoms with Crippen LogP contribution in [0.3, 0.4) is 0 Å². The highest BCUT2D eigenvalue weighted by Gasteiger charge is 2.22. The molecule has 0 fully saturated rings. The maximum Gasteiger partial charge on any atom is 0.306 e. The minimum Gasteiger partial charge on any atom is -0.545 e. The second kappa shape index (κ2) is 65.4. The number of carbonyl (C=O) groups excluding carboxylic acids is 3. The summed E-state index contributed by atoms with van der Waals surface area (Å²) in [5.74, 6) is -2.29. The van der Waals surface area contributed by atoms with Crippen LogP contribution in [0.15, 0.2) is 85.1 Å². The van der Waals surface area contributed by atoms with E-state index in [0.717, 1.165) is 89.9 Å². The van der Waals surface area contributed by atoms with Crippen LogP contribution in [-0.4, -0.2) is 82.3 Å². The molecule has 0 bridgehead atoms. The molecule has 2 atom stereocenters. The van der Waals surface area contributed by atoms with Gasteiger partial charge < -0.3 is 33.3 Å². The van der Waals surface area contributed by atoms with E-state index in [9.17, 15) is 19.5 Å². The predicted molar refractivity (Wildman–Crippen MR) is 357 cm³/mol. The Morgan fingerprint density at radius 2 is 0.679 bits per heavy atom. The summed E-state index contributed by atoms with van der Waals surface area (Å²) in [5, 5.41) is 11.8. The third-order valence-electron chi connectivity index (χ3n) is 15.4. The molecule has 0 aromatic rings. The number of carboxylic acids is 1. The Kier molecular flexibility index (Phi) is 62.7. The maximum atomic E-state index is 12.9. The molecule has 0 aromatic heterocycles. The molecule has 84 heavy (non-hydrogen) atoms. The number of unbranched alkanes of at least 4 members (excludes halogenated alkanes) is 36. The van der Waals surface area contributed by atoms with Gasteiger partial charge in [0, 0.05) is 12.8 Å². The van der Waals surface area contributed by atoms with Gasteiger partial charge in [-0.05, 0) is 70.6 Å². The van der Waals surface area contributed by atoms with Crippen LogP contribution in [0.25, 0.3) is 0 Å². The second-order valence-corrected chi connectivity index (χ2v) is 24.8. The zero-order valence-corrected chi connectivity index (χ0v) is 55.5. The first kappa shape index (κ1) is 80.5. The first-order valence-electron chi connectivity index (χ1n) is 35.2. The minimum atomic E-state index is -1.63. The lowest BCUT2D eigenvalue weighted by molar-refractivity contribution is -0.870. The van der Waals surface area contributed by atoms with Crippen LogP contribution in [0.1, 0.15) is 316 Å². The highest BCUT2D eigenvalue weighted by atomic mass is 16.7. The van der Waals surface area contributed by atoms with Gasteiger partial charge in [-0.1, -0.05) is 317 Å². The lowest BCUT2D eigenvalue weighted by Crippen LogP contribution is -2.44. The van der Waals surface area contributed by atoms with Crippen molar-refractivity contribution in [2.45, 2.75) is 328 Å². The van der Waals surface area contributed by atoms with Gasteiger partial charge in [-0.15, -0.1) is 0 Å². The Morgan fingerprint density at radius 1 is 0.369 bits per heavy atom. The number of esters is 2. The summed E-state index contributed by atoms with van der Waals surface area (Å²) < 4.78 is 22.8. The molecule has 0 spiro atoms. The van der Waals surface area contributed by atoms with Crippen LogP contribution in [0, 0.1) is 0 Å². The zero-order valence-electron chi connectivity index (χ0n) is 55.5. The van der Waals surface area contributed by atoms with Crippen molar-refractivity contribution in [1.82, 2.24) is 0 Å². The first-order chi connectivity index (χ1) is 41.1. The number of ether oxygens (including phenoxy) is 4. The Morgan fingerprint density at radius 3 is 1.01 bits per heavy atom.